The van der Waals surface area contributed by atoms with E-state index >= 15 is 0 Å². The van der Waals surface area contributed by atoms with Crippen molar-refractivity contribution < 1.29 is 4.79 Å². The molecule has 17 heavy (non-hydrogen) atoms. The van der Waals surface area contributed by atoms with Gasteiger partial charge in [0, 0.05) is 17.2 Å². The van der Waals surface area contributed by atoms with Crippen LogP contribution in [0, 0.1) is 0 Å². The summed E-state index contributed by atoms with van der Waals surface area (Å²) < 4.78 is 3.60. The quantitative estimate of drug-likeness (QED) is 0.751. The molecule has 0 aromatic carbocycles. The van der Waals surface area contributed by atoms with Crippen molar-refractivity contribution in [1.29, 1.82) is 0 Å². The molecule has 90 valence electrons. The number of aromatic nitrogens is 2. The van der Waals surface area contributed by atoms with Crippen molar-refractivity contribution in [3.05, 3.63) is 37.2 Å². The Balaban J connectivity index is 2.33. The molecule has 0 aliphatic rings. The average molecular weight is 378 g/mol. The topological polar surface area (TPSA) is 34.9 Å². The van der Waals surface area contributed by atoms with E-state index in [-0.39, 0.29) is 5.78 Å². The van der Waals surface area contributed by atoms with Gasteiger partial charge in [-0.1, -0.05) is 6.92 Å². The Morgan fingerprint density at radius 2 is 2.29 bits per heavy atom. The first-order valence-corrected chi connectivity index (χ1v) is 7.55. The van der Waals surface area contributed by atoms with Crippen molar-refractivity contribution >= 4 is 49.0 Å². The summed E-state index contributed by atoms with van der Waals surface area (Å²) in [6, 6.07) is 3.60. The van der Waals surface area contributed by atoms with Crippen LogP contribution in [0.15, 0.2) is 26.6 Å². The number of aryl methyl sites for hydroxylation is 1. The smallest absolute Gasteiger partial charge is 0.221 e. The fourth-order valence-corrected chi connectivity index (χ4v) is 3.48. The number of hydrogen-bond donors (Lipinski definition) is 0. The maximum atomic E-state index is 12.3. The lowest BCUT2D eigenvalue weighted by Crippen LogP contribution is -2.10. The van der Waals surface area contributed by atoms with Crippen LogP contribution in [-0.4, -0.2) is 15.6 Å². The lowest BCUT2D eigenvalue weighted by molar-refractivity contribution is 0.103. The Labute approximate surface area is 120 Å². The molecule has 3 nitrogen and oxygen atoms in total. The first-order valence-electron chi connectivity index (χ1n) is 5.14. The highest BCUT2D eigenvalue weighted by molar-refractivity contribution is 9.13. The summed E-state index contributed by atoms with van der Waals surface area (Å²) in [4.78, 5) is 13.0. The zero-order valence-corrected chi connectivity index (χ0v) is 13.1. The van der Waals surface area contributed by atoms with Crippen LogP contribution in [0.4, 0.5) is 0 Å². The molecule has 2 rings (SSSR count). The molecule has 0 fully saturated rings. The highest BCUT2D eigenvalue weighted by Gasteiger charge is 2.17. The first kappa shape index (κ1) is 13.0. The van der Waals surface area contributed by atoms with Gasteiger partial charge in [0.15, 0.2) is 0 Å². The Bertz CT molecular complexity index is 528. The minimum atomic E-state index is 0.0207. The Morgan fingerprint density at radius 1 is 1.53 bits per heavy atom. The molecule has 2 aromatic heterocycles. The number of carbonyl (C=O) groups excluding carboxylic acids is 1. The molecule has 0 saturated carbocycles. The summed E-state index contributed by atoms with van der Waals surface area (Å²) in [6.45, 7) is 2.83. The minimum absolute atomic E-state index is 0.0207. The lowest BCUT2D eigenvalue weighted by Gasteiger charge is -2.03. The van der Waals surface area contributed by atoms with Gasteiger partial charge in [-0.25, -0.2) is 0 Å². The molecule has 6 heteroatoms. The second kappa shape index (κ2) is 5.46. The van der Waals surface area contributed by atoms with Gasteiger partial charge < -0.3 is 0 Å². The number of hydrogen-bond acceptors (Lipinski definition) is 3. The maximum Gasteiger partial charge on any atom is 0.221 e. The molecule has 0 amide bonds. The van der Waals surface area contributed by atoms with E-state index in [0.29, 0.717) is 10.6 Å². The number of nitrogens with zero attached hydrogens (tertiary/aromatic N) is 2. The van der Waals surface area contributed by atoms with Crippen LogP contribution >= 0.6 is 43.2 Å². The summed E-state index contributed by atoms with van der Waals surface area (Å²) in [5.41, 5.74) is 0.646. The van der Waals surface area contributed by atoms with E-state index in [2.05, 4.69) is 43.9 Å². The van der Waals surface area contributed by atoms with Crippen molar-refractivity contribution in [2.24, 2.45) is 0 Å². The molecule has 0 saturated heterocycles. The van der Waals surface area contributed by atoms with Crippen molar-refractivity contribution in [3.63, 3.8) is 0 Å². The van der Waals surface area contributed by atoms with E-state index in [1.165, 1.54) is 11.3 Å². The second-order valence-electron chi connectivity index (χ2n) is 3.50. The summed E-state index contributed by atoms with van der Waals surface area (Å²) >= 11 is 8.21. The average Bonchev–Trinajstić information content (AvgIpc) is 2.87. The van der Waals surface area contributed by atoms with Gasteiger partial charge in [0.25, 0.3) is 0 Å². The van der Waals surface area contributed by atoms with Gasteiger partial charge in [0.1, 0.15) is 5.69 Å². The molecule has 0 bridgehead atoms. The second-order valence-corrected chi connectivity index (χ2v) is 6.73. The molecular weight excluding hydrogens is 368 g/mol. The van der Waals surface area contributed by atoms with E-state index in [0.717, 1.165) is 21.2 Å². The molecule has 0 unspecified atom stereocenters. The molecule has 0 spiro atoms. The van der Waals surface area contributed by atoms with E-state index in [9.17, 15) is 4.79 Å². The Hall–Kier alpha value is -0.460. The van der Waals surface area contributed by atoms with Gasteiger partial charge >= 0.3 is 0 Å². The van der Waals surface area contributed by atoms with Crippen LogP contribution < -0.4 is 0 Å². The van der Waals surface area contributed by atoms with Crippen LogP contribution in [-0.2, 0) is 6.54 Å². The Kier molecular flexibility index (Phi) is 4.17. The third kappa shape index (κ3) is 2.69. The molecule has 0 N–H and O–H groups in total. The van der Waals surface area contributed by atoms with Crippen LogP contribution in [0.1, 0.15) is 28.7 Å². The number of rotatable bonds is 4. The standard InChI is InChI=1S/C11H10Br2N2OS/c1-2-5-15-8(3-4-14-15)10(16)9-6-7(12)11(13)17-9/h3-4,6H,2,5H2,1H3. The van der Waals surface area contributed by atoms with E-state index in [1.807, 2.05) is 6.07 Å². The van der Waals surface area contributed by atoms with Crippen molar-refractivity contribution in [2.45, 2.75) is 19.9 Å². The van der Waals surface area contributed by atoms with Gasteiger partial charge in [-0.3, -0.25) is 9.48 Å². The predicted octanol–water partition coefficient (Wildman–Crippen LogP) is 4.11. The molecule has 0 aliphatic heterocycles. The van der Waals surface area contributed by atoms with Crippen LogP contribution in [0.25, 0.3) is 0 Å². The molecule has 0 atom stereocenters. The largest absolute Gasteiger partial charge is 0.286 e. The van der Waals surface area contributed by atoms with Crippen LogP contribution in [0.2, 0.25) is 0 Å². The molecule has 2 heterocycles. The summed E-state index contributed by atoms with van der Waals surface area (Å²) in [6.07, 6.45) is 2.63. The fraction of sp³-hybridized carbons (Fsp3) is 0.273. The molecular formula is C11H10Br2N2OS. The van der Waals surface area contributed by atoms with Crippen LogP contribution in [0.3, 0.4) is 0 Å². The van der Waals surface area contributed by atoms with Gasteiger partial charge in [0.2, 0.25) is 5.78 Å². The summed E-state index contributed by atoms with van der Waals surface area (Å²) in [5, 5.41) is 4.16. The molecule has 0 radical (unpaired) electrons. The zero-order valence-electron chi connectivity index (χ0n) is 9.11. The third-order valence-corrected chi connectivity index (χ3v) is 5.51. The fourth-order valence-electron chi connectivity index (χ4n) is 1.50. The normalized spacial score (nSPS) is 10.8. The summed E-state index contributed by atoms with van der Waals surface area (Å²) in [7, 11) is 0. The predicted molar refractivity (Wildman–Crippen MR) is 75.7 cm³/mol. The van der Waals surface area contributed by atoms with Gasteiger partial charge in [-0.2, -0.15) is 5.10 Å². The monoisotopic (exact) mass is 376 g/mol. The van der Waals surface area contributed by atoms with Gasteiger partial charge in [-0.15, -0.1) is 11.3 Å². The third-order valence-electron chi connectivity index (χ3n) is 2.25. The molecule has 2 aromatic rings. The SMILES string of the molecule is CCCn1nccc1C(=O)c1cc(Br)c(Br)s1. The van der Waals surface area contributed by atoms with E-state index < -0.39 is 0 Å². The van der Waals surface area contributed by atoms with E-state index in [4.69, 9.17) is 0 Å². The highest BCUT2D eigenvalue weighted by Crippen LogP contribution is 2.33. The number of ketones is 1. The first-order chi connectivity index (χ1) is 8.13. The zero-order chi connectivity index (χ0) is 12.4. The molecule has 0 aliphatic carbocycles. The lowest BCUT2D eigenvalue weighted by atomic mass is 10.2. The van der Waals surface area contributed by atoms with Crippen LogP contribution in [0.5, 0.6) is 0 Å². The van der Waals surface area contributed by atoms with Crippen molar-refractivity contribution in [3.8, 4) is 0 Å². The maximum absolute atomic E-state index is 12.3. The van der Waals surface area contributed by atoms with Crippen molar-refractivity contribution in [1.82, 2.24) is 9.78 Å². The number of thiophene rings is 1. The van der Waals surface area contributed by atoms with Gasteiger partial charge in [-0.05, 0) is 50.4 Å². The summed E-state index contributed by atoms with van der Waals surface area (Å²) in [5.74, 6) is 0.0207. The van der Waals surface area contributed by atoms with Crippen molar-refractivity contribution in [2.75, 3.05) is 0 Å². The number of carbonyl (C=O) groups is 1. The van der Waals surface area contributed by atoms with Gasteiger partial charge in [0.05, 0.1) is 8.66 Å². The number of halogens is 2. The minimum Gasteiger partial charge on any atom is -0.286 e. The Morgan fingerprint density at radius 3 is 2.88 bits per heavy atom. The highest BCUT2D eigenvalue weighted by atomic mass is 79.9. The van der Waals surface area contributed by atoms with E-state index in [1.54, 1.807) is 16.9 Å².